The second-order valence-electron chi connectivity index (χ2n) is 11.4. The molecule has 7 nitrogen and oxygen atoms in total. The van der Waals surface area contributed by atoms with Gasteiger partial charge in [-0.25, -0.2) is 4.90 Å². The van der Waals surface area contributed by atoms with Crippen LogP contribution in [0.2, 0.25) is 0 Å². The monoisotopic (exact) mass is 631 g/mol. The highest BCUT2D eigenvalue weighted by atomic mass is 19.4. The number of anilines is 1. The number of carbonyl (C=O) groups is 4. The van der Waals surface area contributed by atoms with E-state index >= 15 is 0 Å². The van der Waals surface area contributed by atoms with Crippen LogP contribution in [0.1, 0.15) is 42.4 Å². The van der Waals surface area contributed by atoms with Crippen LogP contribution >= 0.6 is 0 Å². The summed E-state index contributed by atoms with van der Waals surface area (Å²) in [7, 11) is 1.34. The zero-order valence-electron chi connectivity index (χ0n) is 23.5. The number of halogens is 6. The van der Waals surface area contributed by atoms with Crippen molar-refractivity contribution in [1.29, 1.82) is 0 Å². The maximum atomic E-state index is 14.0. The molecule has 0 spiro atoms. The van der Waals surface area contributed by atoms with Crippen LogP contribution in [0.4, 0.5) is 32.0 Å². The number of amides is 2. The second kappa shape index (κ2) is 10.2. The zero-order valence-corrected chi connectivity index (χ0v) is 23.5. The summed E-state index contributed by atoms with van der Waals surface area (Å²) in [5.74, 6) is -7.22. The molecule has 2 aromatic rings. The lowest BCUT2D eigenvalue weighted by atomic mass is 9.59. The topological polar surface area (TPSA) is 101 Å². The summed E-state index contributed by atoms with van der Waals surface area (Å²) in [6, 6.07) is 4.95. The number of benzene rings is 2. The fourth-order valence-electron chi connectivity index (χ4n) is 6.97. The fraction of sp³-hybridized carbons (Fsp3) is 0.312. The number of rotatable bonds is 3. The standard InChI is InChI=1S/C32H23F6NO6/c1-13-7-23(41)27-21(28(13)42)12-20-18(25(27)14-3-6-24(45-2)22(40)8-14)4-5-19-26(20)30(44)39(29(19)43)17-10-15(31(33,34)35)9-16(11-17)32(36,37)38/h3-4,6-11,19-20,25-26,40H,5,12H2,1-2H3/t19-,20+,25-,26-/m0/s1. The Hall–Kier alpha value is -4.68. The third-order valence-corrected chi connectivity index (χ3v) is 8.93. The van der Waals surface area contributed by atoms with Crippen molar-refractivity contribution in [2.24, 2.45) is 17.8 Å². The van der Waals surface area contributed by atoms with Gasteiger partial charge in [0.15, 0.2) is 23.1 Å². The Bertz CT molecular complexity index is 1770. The third-order valence-electron chi connectivity index (χ3n) is 8.93. The number of fused-ring (bicyclic) bond motifs is 3. The second-order valence-corrected chi connectivity index (χ2v) is 11.4. The molecule has 1 fully saturated rings. The van der Waals surface area contributed by atoms with E-state index in [-0.39, 0.29) is 47.1 Å². The molecule has 1 N–H and O–H groups in total. The highest BCUT2D eigenvalue weighted by molar-refractivity contribution is 6.25. The lowest BCUT2D eigenvalue weighted by Gasteiger charge is -2.42. The van der Waals surface area contributed by atoms with Crippen molar-refractivity contribution in [3.8, 4) is 11.5 Å². The number of ketones is 2. The highest BCUT2D eigenvalue weighted by Crippen LogP contribution is 2.56. The molecule has 4 atom stereocenters. The van der Waals surface area contributed by atoms with Crippen LogP contribution < -0.4 is 9.64 Å². The predicted molar refractivity (Wildman–Crippen MR) is 145 cm³/mol. The summed E-state index contributed by atoms with van der Waals surface area (Å²) in [4.78, 5) is 54.6. The van der Waals surface area contributed by atoms with Gasteiger partial charge < -0.3 is 9.84 Å². The average molecular weight is 632 g/mol. The van der Waals surface area contributed by atoms with Gasteiger partial charge in [0.25, 0.3) is 0 Å². The summed E-state index contributed by atoms with van der Waals surface area (Å²) in [6.45, 7) is 1.45. The predicted octanol–water partition coefficient (Wildman–Crippen LogP) is 6.07. The van der Waals surface area contributed by atoms with E-state index in [2.05, 4.69) is 0 Å². The molecule has 13 heteroatoms. The largest absolute Gasteiger partial charge is 0.504 e. The minimum absolute atomic E-state index is 0.0905. The first-order valence-electron chi connectivity index (χ1n) is 13.8. The van der Waals surface area contributed by atoms with Crippen LogP contribution in [0.3, 0.4) is 0 Å². The van der Waals surface area contributed by atoms with Gasteiger partial charge in [-0.05, 0) is 67.7 Å². The van der Waals surface area contributed by atoms with Crippen LogP contribution in [-0.2, 0) is 31.5 Å². The maximum absolute atomic E-state index is 14.0. The number of phenolic OH excluding ortho intramolecular Hbond substituents is 1. The van der Waals surface area contributed by atoms with Gasteiger partial charge in [0.1, 0.15) is 0 Å². The molecule has 2 amide bonds. The van der Waals surface area contributed by atoms with E-state index in [1.54, 1.807) is 12.1 Å². The van der Waals surface area contributed by atoms with Crippen molar-refractivity contribution < 1.29 is 55.4 Å². The molecule has 0 aromatic heterocycles. The Morgan fingerprint density at radius 1 is 0.889 bits per heavy atom. The number of imide groups is 1. The van der Waals surface area contributed by atoms with E-state index in [0.717, 1.165) is 0 Å². The van der Waals surface area contributed by atoms with E-state index in [1.165, 1.54) is 32.2 Å². The number of alkyl halides is 6. The summed E-state index contributed by atoms with van der Waals surface area (Å²) in [6.07, 6.45) is -7.83. The molecule has 1 aliphatic heterocycles. The first-order chi connectivity index (χ1) is 21.0. The van der Waals surface area contributed by atoms with Crippen molar-refractivity contribution in [3.63, 3.8) is 0 Å². The third kappa shape index (κ3) is 4.75. The Morgan fingerprint density at radius 2 is 1.53 bits per heavy atom. The molecule has 2 aromatic carbocycles. The summed E-state index contributed by atoms with van der Waals surface area (Å²) >= 11 is 0. The van der Waals surface area contributed by atoms with E-state index in [1.807, 2.05) is 0 Å². The molecular weight excluding hydrogens is 608 g/mol. The molecule has 4 aliphatic rings. The molecular formula is C32H23F6NO6. The van der Waals surface area contributed by atoms with Crippen molar-refractivity contribution in [1.82, 2.24) is 0 Å². The number of Topliss-reactive ketones (excluding diaryl/α,β-unsaturated/α-hetero) is 1. The molecule has 3 aliphatic carbocycles. The number of aromatic hydroxyl groups is 1. The van der Waals surface area contributed by atoms with Crippen molar-refractivity contribution in [3.05, 3.63) is 87.5 Å². The summed E-state index contributed by atoms with van der Waals surface area (Å²) in [5.41, 5.74) is -2.98. The molecule has 0 unspecified atom stereocenters. The summed E-state index contributed by atoms with van der Waals surface area (Å²) < 4.78 is 86.8. The van der Waals surface area contributed by atoms with Gasteiger partial charge in [0.05, 0.1) is 35.8 Å². The van der Waals surface area contributed by atoms with Gasteiger partial charge in [-0.15, -0.1) is 0 Å². The lowest BCUT2D eigenvalue weighted by Crippen LogP contribution is -2.39. The molecule has 234 valence electrons. The van der Waals surface area contributed by atoms with Gasteiger partial charge in [0, 0.05) is 22.6 Å². The van der Waals surface area contributed by atoms with Crippen LogP contribution in [-0.4, -0.2) is 35.6 Å². The maximum Gasteiger partial charge on any atom is 0.416 e. The number of methoxy groups -OCH3 is 1. The Balaban J connectivity index is 1.48. The van der Waals surface area contributed by atoms with E-state index in [0.29, 0.717) is 28.2 Å². The van der Waals surface area contributed by atoms with Gasteiger partial charge in [-0.3, -0.25) is 19.2 Å². The van der Waals surface area contributed by atoms with Crippen LogP contribution in [0.25, 0.3) is 0 Å². The number of allylic oxidation sites excluding steroid dienone is 6. The first kappa shape index (κ1) is 30.4. The van der Waals surface area contributed by atoms with Crippen molar-refractivity contribution >= 4 is 29.1 Å². The number of nitrogens with zero attached hydrogens (tertiary/aromatic N) is 1. The van der Waals surface area contributed by atoms with E-state index < -0.39 is 76.2 Å². The van der Waals surface area contributed by atoms with Gasteiger partial charge in [-0.2, -0.15) is 26.3 Å². The molecule has 0 radical (unpaired) electrons. The Labute approximate surface area is 251 Å². The highest BCUT2D eigenvalue weighted by Gasteiger charge is 2.57. The van der Waals surface area contributed by atoms with E-state index in [9.17, 15) is 50.6 Å². The fourth-order valence-corrected chi connectivity index (χ4v) is 6.97. The van der Waals surface area contributed by atoms with E-state index in [4.69, 9.17) is 4.74 Å². The van der Waals surface area contributed by atoms with Crippen LogP contribution in [0, 0.1) is 17.8 Å². The Morgan fingerprint density at radius 3 is 2.11 bits per heavy atom. The molecule has 6 rings (SSSR count). The minimum Gasteiger partial charge on any atom is -0.504 e. The van der Waals surface area contributed by atoms with Gasteiger partial charge in [-0.1, -0.05) is 17.7 Å². The number of ether oxygens (including phenoxy) is 1. The number of phenols is 1. The minimum atomic E-state index is -5.20. The Kier molecular flexibility index (Phi) is 6.86. The van der Waals surface area contributed by atoms with Gasteiger partial charge in [0.2, 0.25) is 11.8 Å². The SMILES string of the molecule is COc1ccc([C@H]2C3=CC[C@@H]4C(=O)N(c5cc(C(F)(F)F)cc(C(F)(F)F)c5)C(=O)[C@@H]4[C@@H]3CC3=C2C(=O)C=C(C)C3=O)cc1O. The molecule has 0 saturated carbocycles. The first-order valence-corrected chi connectivity index (χ1v) is 13.8. The normalized spacial score (nSPS) is 25.1. The van der Waals surface area contributed by atoms with Crippen LogP contribution in [0.5, 0.6) is 11.5 Å². The van der Waals surface area contributed by atoms with Crippen LogP contribution in [0.15, 0.2) is 70.8 Å². The molecule has 45 heavy (non-hydrogen) atoms. The smallest absolute Gasteiger partial charge is 0.416 e. The van der Waals surface area contributed by atoms with Gasteiger partial charge >= 0.3 is 12.4 Å². The van der Waals surface area contributed by atoms with Crippen molar-refractivity contribution in [2.75, 3.05) is 12.0 Å². The summed E-state index contributed by atoms with van der Waals surface area (Å²) in [5, 5.41) is 10.5. The lowest BCUT2D eigenvalue weighted by molar-refractivity contribution is -0.143. The number of carbonyl (C=O) groups excluding carboxylic acids is 4. The zero-order chi connectivity index (χ0) is 32.7. The molecule has 0 bridgehead atoms. The quantitative estimate of drug-likeness (QED) is 0.191. The average Bonchev–Trinajstić information content (AvgIpc) is 3.23. The molecule has 1 saturated heterocycles. The molecule has 1 heterocycles. The number of hydrogen-bond donors (Lipinski definition) is 1. The number of hydrogen-bond acceptors (Lipinski definition) is 6. The van der Waals surface area contributed by atoms with Crippen molar-refractivity contribution in [2.45, 2.75) is 38.0 Å².